The van der Waals surface area contributed by atoms with Crippen molar-refractivity contribution in [2.24, 2.45) is 5.73 Å². The lowest BCUT2D eigenvalue weighted by Gasteiger charge is -2.22. The van der Waals surface area contributed by atoms with Crippen LogP contribution in [0.25, 0.3) is 11.3 Å². The molecule has 3 rings (SSSR count). The predicted octanol–water partition coefficient (Wildman–Crippen LogP) is 4.15. The molecule has 0 aliphatic carbocycles. The maximum Gasteiger partial charge on any atom is 0.469 e. The van der Waals surface area contributed by atoms with E-state index in [1.165, 1.54) is 5.56 Å². The Balaban J connectivity index is 1.67. The number of hydrogen-bond donors (Lipinski definition) is 4. The molecule has 3 aromatic rings. The van der Waals surface area contributed by atoms with Crippen LogP contribution in [-0.2, 0) is 21.0 Å². The Kier molecular flexibility index (Phi) is 7.87. The minimum Gasteiger partial charge on any atom is -0.490 e. The Hall–Kier alpha value is -2.48. The molecule has 0 spiro atoms. The number of phosphoric ester groups is 1. The van der Waals surface area contributed by atoms with Gasteiger partial charge in [-0.05, 0) is 48.7 Å². The SMILES string of the molecule is CCCC(Cc1ccccc1)Oc1ccc(-c2cnc(C(C)(N)COP(=O)(O)O)[nH]2)cc1. The summed E-state index contributed by atoms with van der Waals surface area (Å²) in [4.78, 5) is 25.2. The number of aromatic amines is 1. The van der Waals surface area contributed by atoms with Gasteiger partial charge in [0.15, 0.2) is 0 Å². The van der Waals surface area contributed by atoms with Crippen LogP contribution < -0.4 is 10.5 Å². The van der Waals surface area contributed by atoms with Crippen molar-refractivity contribution >= 4 is 7.82 Å². The zero-order chi connectivity index (χ0) is 23.2. The van der Waals surface area contributed by atoms with Gasteiger partial charge in [-0.15, -0.1) is 0 Å². The van der Waals surface area contributed by atoms with Crippen molar-refractivity contribution < 1.29 is 23.6 Å². The zero-order valence-corrected chi connectivity index (χ0v) is 19.2. The van der Waals surface area contributed by atoms with Crippen LogP contribution >= 0.6 is 7.82 Å². The average Bonchev–Trinajstić information content (AvgIpc) is 3.25. The summed E-state index contributed by atoms with van der Waals surface area (Å²) in [7, 11) is -4.61. The number of aromatic nitrogens is 2. The number of phosphoric acid groups is 1. The maximum atomic E-state index is 11.0. The first-order valence-corrected chi connectivity index (χ1v) is 12.0. The van der Waals surface area contributed by atoms with Gasteiger partial charge in [0, 0.05) is 6.42 Å². The molecular weight excluding hydrogens is 429 g/mol. The van der Waals surface area contributed by atoms with Gasteiger partial charge in [0.2, 0.25) is 0 Å². The van der Waals surface area contributed by atoms with Gasteiger partial charge in [0.05, 0.1) is 24.0 Å². The Morgan fingerprint density at radius 2 is 1.84 bits per heavy atom. The molecule has 9 heteroatoms. The predicted molar refractivity (Wildman–Crippen MR) is 123 cm³/mol. The van der Waals surface area contributed by atoms with Gasteiger partial charge >= 0.3 is 7.82 Å². The third-order valence-electron chi connectivity index (χ3n) is 5.03. The third-order valence-corrected chi connectivity index (χ3v) is 5.50. The van der Waals surface area contributed by atoms with Crippen molar-refractivity contribution in [3.63, 3.8) is 0 Å². The van der Waals surface area contributed by atoms with Gasteiger partial charge in [0.1, 0.15) is 17.7 Å². The molecule has 0 saturated heterocycles. The van der Waals surface area contributed by atoms with E-state index in [2.05, 4.69) is 33.5 Å². The second kappa shape index (κ2) is 10.4. The molecular formula is C23H30N3O5P. The van der Waals surface area contributed by atoms with Crippen molar-refractivity contribution in [1.29, 1.82) is 0 Å². The van der Waals surface area contributed by atoms with Gasteiger partial charge in [0.25, 0.3) is 0 Å². The average molecular weight is 459 g/mol. The highest BCUT2D eigenvalue weighted by Crippen LogP contribution is 2.37. The van der Waals surface area contributed by atoms with Crippen molar-refractivity contribution in [3.05, 3.63) is 72.2 Å². The lowest BCUT2D eigenvalue weighted by Crippen LogP contribution is -2.39. The van der Waals surface area contributed by atoms with E-state index in [0.29, 0.717) is 5.82 Å². The van der Waals surface area contributed by atoms with Crippen LogP contribution in [0.2, 0.25) is 0 Å². The second-order valence-corrected chi connectivity index (χ2v) is 9.31. The van der Waals surface area contributed by atoms with E-state index in [4.69, 9.17) is 20.3 Å². The highest BCUT2D eigenvalue weighted by molar-refractivity contribution is 7.46. The topological polar surface area (TPSA) is 131 Å². The number of H-pyrrole nitrogens is 1. The normalized spacial score (nSPS) is 14.7. The summed E-state index contributed by atoms with van der Waals surface area (Å²) < 4.78 is 21.7. The molecule has 2 aromatic carbocycles. The first kappa shape index (κ1) is 24.2. The Bertz CT molecular complexity index is 1030. The largest absolute Gasteiger partial charge is 0.490 e. The summed E-state index contributed by atoms with van der Waals surface area (Å²) in [6, 6.07) is 18.0. The van der Waals surface area contributed by atoms with E-state index in [1.54, 1.807) is 13.1 Å². The van der Waals surface area contributed by atoms with Crippen molar-refractivity contribution in [2.45, 2.75) is 44.8 Å². The Morgan fingerprint density at radius 3 is 2.47 bits per heavy atom. The molecule has 172 valence electrons. The van der Waals surface area contributed by atoms with Crippen LogP contribution in [0.1, 0.15) is 38.1 Å². The highest BCUT2D eigenvalue weighted by atomic mass is 31.2. The number of nitrogens with one attached hydrogen (secondary N) is 1. The molecule has 1 aromatic heterocycles. The molecule has 8 nitrogen and oxygen atoms in total. The number of benzene rings is 2. The highest BCUT2D eigenvalue weighted by Gasteiger charge is 2.29. The molecule has 0 aliphatic heterocycles. The van der Waals surface area contributed by atoms with Gasteiger partial charge in [-0.25, -0.2) is 9.55 Å². The summed E-state index contributed by atoms with van der Waals surface area (Å²) >= 11 is 0. The summed E-state index contributed by atoms with van der Waals surface area (Å²) in [6.45, 7) is 3.36. The minimum atomic E-state index is -4.61. The van der Waals surface area contributed by atoms with E-state index in [-0.39, 0.29) is 12.7 Å². The fourth-order valence-electron chi connectivity index (χ4n) is 3.35. The molecule has 0 radical (unpaired) electrons. The lowest BCUT2D eigenvalue weighted by atomic mass is 10.0. The molecule has 1 heterocycles. The number of nitrogens with zero attached hydrogens (tertiary/aromatic N) is 1. The summed E-state index contributed by atoms with van der Waals surface area (Å²) in [6.07, 6.45) is 4.58. The van der Waals surface area contributed by atoms with Crippen LogP contribution in [0, 0.1) is 0 Å². The fourth-order valence-corrected chi connectivity index (χ4v) is 3.79. The molecule has 2 unspecified atom stereocenters. The van der Waals surface area contributed by atoms with Crippen LogP contribution in [0.15, 0.2) is 60.8 Å². The van der Waals surface area contributed by atoms with E-state index >= 15 is 0 Å². The van der Waals surface area contributed by atoms with Crippen LogP contribution in [0.3, 0.4) is 0 Å². The van der Waals surface area contributed by atoms with Crippen LogP contribution in [-0.4, -0.2) is 32.5 Å². The first-order chi connectivity index (χ1) is 15.2. The molecule has 0 saturated carbocycles. The van der Waals surface area contributed by atoms with Crippen molar-refractivity contribution in [2.75, 3.05) is 6.61 Å². The lowest BCUT2D eigenvalue weighted by molar-refractivity contribution is 0.155. The smallest absolute Gasteiger partial charge is 0.469 e. The molecule has 0 aliphatic rings. The monoisotopic (exact) mass is 459 g/mol. The van der Waals surface area contributed by atoms with Gasteiger partial charge < -0.3 is 25.2 Å². The van der Waals surface area contributed by atoms with Crippen LogP contribution in [0.5, 0.6) is 5.75 Å². The molecule has 2 atom stereocenters. The zero-order valence-electron chi connectivity index (χ0n) is 18.3. The summed E-state index contributed by atoms with van der Waals surface area (Å²) in [5, 5.41) is 0. The number of hydrogen-bond acceptors (Lipinski definition) is 5. The quantitative estimate of drug-likeness (QED) is 0.317. The summed E-state index contributed by atoms with van der Waals surface area (Å²) in [5.74, 6) is 1.16. The van der Waals surface area contributed by atoms with E-state index in [9.17, 15) is 4.57 Å². The minimum absolute atomic E-state index is 0.0963. The third kappa shape index (κ3) is 7.02. The first-order valence-electron chi connectivity index (χ1n) is 10.5. The number of rotatable bonds is 11. The van der Waals surface area contributed by atoms with Gasteiger partial charge in [-0.1, -0.05) is 43.7 Å². The molecule has 0 bridgehead atoms. The fraction of sp³-hybridized carbons (Fsp3) is 0.348. The van der Waals surface area contributed by atoms with E-state index in [1.807, 2.05) is 42.5 Å². The van der Waals surface area contributed by atoms with E-state index < -0.39 is 13.4 Å². The Morgan fingerprint density at radius 1 is 1.16 bits per heavy atom. The van der Waals surface area contributed by atoms with Crippen molar-refractivity contribution in [1.82, 2.24) is 9.97 Å². The molecule has 32 heavy (non-hydrogen) atoms. The Labute approximate surface area is 188 Å². The maximum absolute atomic E-state index is 11.0. The van der Waals surface area contributed by atoms with Gasteiger partial charge in [-0.3, -0.25) is 4.52 Å². The molecule has 0 fully saturated rings. The van der Waals surface area contributed by atoms with Crippen LogP contribution in [0.4, 0.5) is 0 Å². The number of imidazole rings is 1. The number of nitrogens with two attached hydrogens (primary N) is 1. The molecule has 5 N–H and O–H groups in total. The van der Waals surface area contributed by atoms with Crippen molar-refractivity contribution in [3.8, 4) is 17.0 Å². The number of ether oxygens (including phenoxy) is 1. The van der Waals surface area contributed by atoms with E-state index in [0.717, 1.165) is 36.3 Å². The van der Waals surface area contributed by atoms with Gasteiger partial charge in [-0.2, -0.15) is 0 Å². The summed E-state index contributed by atoms with van der Waals surface area (Å²) in [5.41, 5.74) is 7.81. The molecule has 0 amide bonds. The second-order valence-electron chi connectivity index (χ2n) is 8.07. The standard InChI is InChI=1S/C23H30N3O5P/c1-3-7-20(14-17-8-5-4-6-9-17)31-19-12-10-18(11-13-19)21-15-25-22(26-21)23(2,24)16-30-32(27,28)29/h4-6,8-13,15,20H,3,7,14,16,24H2,1-2H3,(H,25,26)(H2,27,28,29).